The predicted octanol–water partition coefficient (Wildman–Crippen LogP) is 5.54. The van der Waals surface area contributed by atoms with E-state index in [1.54, 1.807) is 0 Å². The Kier molecular flexibility index (Phi) is 5.32. The lowest BCUT2D eigenvalue weighted by molar-refractivity contribution is 0.0956. The van der Waals surface area contributed by atoms with E-state index in [-0.39, 0.29) is 0 Å². The molecule has 2 heteroatoms. The molecule has 0 radical (unpaired) electrons. The minimum absolute atomic E-state index is 0.542. The van der Waals surface area contributed by atoms with E-state index >= 15 is 0 Å². The van der Waals surface area contributed by atoms with Crippen LogP contribution in [0, 0.1) is 17.2 Å². The fraction of sp³-hybridized carbons (Fsp3) is 0.480. The van der Waals surface area contributed by atoms with Gasteiger partial charge >= 0.3 is 0 Å². The molecule has 0 saturated carbocycles. The highest BCUT2D eigenvalue weighted by Gasteiger charge is 2.44. The SMILES string of the molecule is CCCN1[C@@H]2CC[C@H]1CC(CC(C#N)(c1ccccc1)c1ccccc1)C2. The molecule has 2 nitrogen and oxygen atoms in total. The van der Waals surface area contributed by atoms with Crippen LogP contribution in [0.3, 0.4) is 0 Å². The highest BCUT2D eigenvalue weighted by atomic mass is 15.2. The van der Waals surface area contributed by atoms with Gasteiger partial charge in [0.2, 0.25) is 0 Å². The quantitative estimate of drug-likeness (QED) is 0.678. The molecule has 140 valence electrons. The molecule has 2 fully saturated rings. The van der Waals surface area contributed by atoms with Gasteiger partial charge in [-0.1, -0.05) is 67.6 Å². The van der Waals surface area contributed by atoms with Crippen LogP contribution in [0.2, 0.25) is 0 Å². The summed E-state index contributed by atoms with van der Waals surface area (Å²) in [5.41, 5.74) is 1.74. The van der Waals surface area contributed by atoms with Crippen molar-refractivity contribution in [2.75, 3.05) is 6.54 Å². The summed E-state index contributed by atoms with van der Waals surface area (Å²) in [5.74, 6) is 0.621. The molecule has 1 unspecified atom stereocenters. The average molecular weight is 359 g/mol. The van der Waals surface area contributed by atoms with Crippen LogP contribution in [0.25, 0.3) is 0 Å². The Labute approximate surface area is 163 Å². The molecule has 2 aliphatic heterocycles. The summed E-state index contributed by atoms with van der Waals surface area (Å²) in [6, 6.07) is 25.1. The lowest BCUT2D eigenvalue weighted by Crippen LogP contribution is -2.44. The Hall–Kier alpha value is -2.11. The number of piperidine rings is 1. The second-order valence-corrected chi connectivity index (χ2v) is 8.41. The van der Waals surface area contributed by atoms with Crippen molar-refractivity contribution < 1.29 is 0 Å². The third kappa shape index (κ3) is 3.42. The Morgan fingerprint density at radius 2 is 1.44 bits per heavy atom. The standard InChI is InChI=1S/C25H30N2/c1-2-15-27-23-13-14-24(27)17-20(16-23)18-25(19-26,21-9-5-3-6-10-21)22-11-7-4-8-12-22/h3-12,20,23-24H,2,13-18H2,1H3/t20?,23-,24+. The summed E-state index contributed by atoms with van der Waals surface area (Å²) in [6.07, 6.45) is 7.37. The molecule has 0 aromatic heterocycles. The van der Waals surface area contributed by atoms with Crippen LogP contribution in [0.4, 0.5) is 0 Å². The normalized spacial score (nSPS) is 25.3. The van der Waals surface area contributed by atoms with Gasteiger partial charge in [0.15, 0.2) is 0 Å². The number of nitriles is 1. The van der Waals surface area contributed by atoms with Crippen LogP contribution < -0.4 is 0 Å². The second-order valence-electron chi connectivity index (χ2n) is 8.41. The van der Waals surface area contributed by atoms with Crippen molar-refractivity contribution in [1.82, 2.24) is 4.90 Å². The highest BCUT2D eigenvalue weighted by Crippen LogP contribution is 2.46. The maximum Gasteiger partial charge on any atom is 0.107 e. The number of nitrogens with zero attached hydrogens (tertiary/aromatic N) is 2. The second kappa shape index (κ2) is 7.87. The molecule has 0 aliphatic carbocycles. The van der Waals surface area contributed by atoms with Crippen LogP contribution in [0.1, 0.15) is 56.6 Å². The lowest BCUT2D eigenvalue weighted by Gasteiger charge is -2.41. The minimum atomic E-state index is -0.542. The first kappa shape index (κ1) is 18.3. The Morgan fingerprint density at radius 3 is 1.89 bits per heavy atom. The van der Waals surface area contributed by atoms with Gasteiger partial charge in [-0.2, -0.15) is 5.26 Å². The number of hydrogen-bond donors (Lipinski definition) is 0. The Morgan fingerprint density at radius 1 is 0.926 bits per heavy atom. The molecule has 0 amide bonds. The van der Waals surface area contributed by atoms with E-state index in [0.29, 0.717) is 5.92 Å². The maximum atomic E-state index is 10.4. The van der Waals surface area contributed by atoms with Crippen molar-refractivity contribution in [2.45, 2.75) is 62.9 Å². The van der Waals surface area contributed by atoms with E-state index in [2.05, 4.69) is 66.4 Å². The first-order valence-corrected chi connectivity index (χ1v) is 10.5. The van der Waals surface area contributed by atoms with Crippen molar-refractivity contribution in [3.05, 3.63) is 71.8 Å². The molecule has 2 bridgehead atoms. The molecule has 2 heterocycles. The lowest BCUT2D eigenvalue weighted by atomic mass is 9.68. The van der Waals surface area contributed by atoms with Gasteiger partial charge in [0.25, 0.3) is 0 Å². The zero-order chi connectivity index (χ0) is 18.7. The van der Waals surface area contributed by atoms with Gasteiger partial charge in [0, 0.05) is 12.1 Å². The van der Waals surface area contributed by atoms with Crippen LogP contribution in [-0.2, 0) is 5.41 Å². The fourth-order valence-corrected chi connectivity index (χ4v) is 5.63. The molecule has 27 heavy (non-hydrogen) atoms. The van der Waals surface area contributed by atoms with E-state index in [4.69, 9.17) is 0 Å². The first-order valence-electron chi connectivity index (χ1n) is 10.5. The molecule has 2 aliphatic rings. The summed E-state index contributed by atoms with van der Waals surface area (Å²) < 4.78 is 0. The van der Waals surface area contributed by atoms with Crippen molar-refractivity contribution in [3.63, 3.8) is 0 Å². The molecule has 2 aromatic rings. The van der Waals surface area contributed by atoms with Crippen LogP contribution in [0.5, 0.6) is 0 Å². The fourth-order valence-electron chi connectivity index (χ4n) is 5.63. The molecule has 4 rings (SSSR count). The smallest absolute Gasteiger partial charge is 0.107 e. The molecular formula is C25H30N2. The Balaban J connectivity index is 1.65. The monoisotopic (exact) mass is 358 g/mol. The van der Waals surface area contributed by atoms with Gasteiger partial charge in [0.1, 0.15) is 5.41 Å². The highest BCUT2D eigenvalue weighted by molar-refractivity contribution is 5.46. The minimum Gasteiger partial charge on any atom is -0.297 e. The number of rotatable bonds is 6. The molecule has 0 N–H and O–H groups in total. The Bertz CT molecular complexity index is 723. The zero-order valence-electron chi connectivity index (χ0n) is 16.3. The van der Waals surface area contributed by atoms with Crippen LogP contribution in [-0.4, -0.2) is 23.5 Å². The van der Waals surface area contributed by atoms with Crippen LogP contribution in [0.15, 0.2) is 60.7 Å². The third-order valence-electron chi connectivity index (χ3n) is 6.78. The summed E-state index contributed by atoms with van der Waals surface area (Å²) in [7, 11) is 0. The topological polar surface area (TPSA) is 27.0 Å². The van der Waals surface area contributed by atoms with E-state index < -0.39 is 5.41 Å². The summed E-state index contributed by atoms with van der Waals surface area (Å²) in [5, 5.41) is 10.4. The number of fused-ring (bicyclic) bond motifs is 2. The summed E-state index contributed by atoms with van der Waals surface area (Å²) in [4.78, 5) is 2.76. The molecule has 2 aromatic carbocycles. The number of benzene rings is 2. The first-order chi connectivity index (χ1) is 13.3. The van der Waals surface area contributed by atoms with E-state index in [1.807, 2.05) is 12.1 Å². The number of hydrogen-bond acceptors (Lipinski definition) is 2. The summed E-state index contributed by atoms with van der Waals surface area (Å²) in [6.45, 7) is 3.53. The maximum absolute atomic E-state index is 10.4. The van der Waals surface area contributed by atoms with Crippen molar-refractivity contribution in [1.29, 1.82) is 5.26 Å². The molecule has 2 saturated heterocycles. The molecule has 3 atom stereocenters. The van der Waals surface area contributed by atoms with Crippen molar-refractivity contribution >= 4 is 0 Å². The predicted molar refractivity (Wildman–Crippen MR) is 110 cm³/mol. The van der Waals surface area contributed by atoms with E-state index in [1.165, 1.54) is 38.6 Å². The van der Waals surface area contributed by atoms with Crippen molar-refractivity contribution in [2.24, 2.45) is 5.92 Å². The molecule has 0 spiro atoms. The van der Waals surface area contributed by atoms with Crippen molar-refractivity contribution in [3.8, 4) is 6.07 Å². The van der Waals surface area contributed by atoms with Gasteiger partial charge in [-0.05, 0) is 62.1 Å². The summed E-state index contributed by atoms with van der Waals surface area (Å²) >= 11 is 0. The zero-order valence-corrected chi connectivity index (χ0v) is 16.3. The van der Waals surface area contributed by atoms with Crippen LogP contribution >= 0.6 is 0 Å². The van der Waals surface area contributed by atoms with Gasteiger partial charge in [-0.3, -0.25) is 4.90 Å². The molecular weight excluding hydrogens is 328 g/mol. The van der Waals surface area contributed by atoms with Gasteiger partial charge < -0.3 is 0 Å². The largest absolute Gasteiger partial charge is 0.297 e. The van der Waals surface area contributed by atoms with E-state index in [9.17, 15) is 5.26 Å². The van der Waals surface area contributed by atoms with Gasteiger partial charge in [-0.25, -0.2) is 0 Å². The average Bonchev–Trinajstić information content (AvgIpc) is 2.96. The van der Waals surface area contributed by atoms with E-state index in [0.717, 1.165) is 29.6 Å². The third-order valence-corrected chi connectivity index (χ3v) is 6.78. The van der Waals surface area contributed by atoms with Gasteiger partial charge in [0.05, 0.1) is 6.07 Å². The van der Waals surface area contributed by atoms with Gasteiger partial charge in [-0.15, -0.1) is 0 Å².